The van der Waals surface area contributed by atoms with Crippen molar-refractivity contribution >= 4 is 16.3 Å². The van der Waals surface area contributed by atoms with Crippen LogP contribution in [0.3, 0.4) is 0 Å². The number of aryl methyl sites for hydroxylation is 1. The molecule has 0 unspecified atom stereocenters. The van der Waals surface area contributed by atoms with E-state index in [9.17, 15) is 4.79 Å². The van der Waals surface area contributed by atoms with Crippen molar-refractivity contribution in [1.82, 2.24) is 19.5 Å². The lowest BCUT2D eigenvalue weighted by Crippen LogP contribution is -2.26. The molecule has 3 aromatic rings. The van der Waals surface area contributed by atoms with Gasteiger partial charge in [0.15, 0.2) is 0 Å². The van der Waals surface area contributed by atoms with Crippen molar-refractivity contribution in [3.8, 4) is 5.75 Å². The highest BCUT2D eigenvalue weighted by atomic mass is 32.1. The molecule has 7 heteroatoms. The van der Waals surface area contributed by atoms with Gasteiger partial charge in [-0.2, -0.15) is 9.61 Å². The van der Waals surface area contributed by atoms with E-state index in [0.717, 1.165) is 36.0 Å². The van der Waals surface area contributed by atoms with Crippen LogP contribution in [-0.2, 0) is 13.1 Å². The molecule has 0 atom stereocenters. The zero-order valence-corrected chi connectivity index (χ0v) is 16.3. The van der Waals surface area contributed by atoms with Gasteiger partial charge >= 0.3 is 0 Å². The minimum atomic E-state index is -0.119. The number of benzene rings is 1. The van der Waals surface area contributed by atoms with Crippen molar-refractivity contribution in [3.05, 3.63) is 57.0 Å². The molecule has 0 aliphatic heterocycles. The van der Waals surface area contributed by atoms with Crippen LogP contribution in [0.25, 0.3) is 4.96 Å². The summed E-state index contributed by atoms with van der Waals surface area (Å²) in [4.78, 5) is 19.8. The minimum Gasteiger partial charge on any atom is -0.494 e. The second-order valence-electron chi connectivity index (χ2n) is 6.19. The average Bonchev–Trinajstić information content (AvgIpc) is 2.98. The van der Waals surface area contributed by atoms with Crippen molar-refractivity contribution in [2.24, 2.45) is 0 Å². The first kappa shape index (κ1) is 18.5. The summed E-state index contributed by atoms with van der Waals surface area (Å²) in [7, 11) is 0. The molecule has 138 valence electrons. The van der Waals surface area contributed by atoms with Crippen LogP contribution >= 0.6 is 11.3 Å². The van der Waals surface area contributed by atoms with Crippen molar-refractivity contribution in [1.29, 1.82) is 0 Å². The molecule has 0 aliphatic carbocycles. The van der Waals surface area contributed by atoms with E-state index >= 15 is 0 Å². The summed E-state index contributed by atoms with van der Waals surface area (Å²) in [6.45, 7) is 9.08. The molecule has 0 saturated heterocycles. The summed E-state index contributed by atoms with van der Waals surface area (Å²) in [6, 6.07) is 9.77. The Hall–Kier alpha value is -2.25. The van der Waals surface area contributed by atoms with Gasteiger partial charge in [-0.05, 0) is 44.5 Å². The molecule has 0 saturated carbocycles. The van der Waals surface area contributed by atoms with Gasteiger partial charge in [0.25, 0.3) is 5.56 Å². The van der Waals surface area contributed by atoms with E-state index in [1.165, 1.54) is 21.4 Å². The maximum atomic E-state index is 12.2. The topological polar surface area (TPSA) is 59.7 Å². The molecule has 0 fully saturated rings. The van der Waals surface area contributed by atoms with Gasteiger partial charge in [-0.3, -0.25) is 9.69 Å². The van der Waals surface area contributed by atoms with Gasteiger partial charge in [-0.25, -0.2) is 4.98 Å². The Labute approximate surface area is 157 Å². The Morgan fingerprint density at radius 2 is 1.96 bits per heavy atom. The molecule has 0 bridgehead atoms. The standard InChI is InChI=1S/C19H24N4O2S/c1-4-10-22(12-15-6-8-17(9-7-15)25-5-2)13-16-11-18(24)23-19(20-16)26-14(3)21-23/h6-9,11H,4-5,10,12-13H2,1-3H3. The highest BCUT2D eigenvalue weighted by Gasteiger charge is 2.11. The maximum Gasteiger partial charge on any atom is 0.275 e. The van der Waals surface area contributed by atoms with E-state index in [4.69, 9.17) is 4.74 Å². The normalized spacial score (nSPS) is 11.4. The predicted molar refractivity (Wildman–Crippen MR) is 104 cm³/mol. The van der Waals surface area contributed by atoms with Crippen LogP contribution in [-0.4, -0.2) is 32.6 Å². The largest absolute Gasteiger partial charge is 0.494 e. The lowest BCUT2D eigenvalue weighted by atomic mass is 10.2. The van der Waals surface area contributed by atoms with Gasteiger partial charge in [0, 0.05) is 19.2 Å². The Morgan fingerprint density at radius 1 is 1.19 bits per heavy atom. The summed E-state index contributed by atoms with van der Waals surface area (Å²) in [5.41, 5.74) is 1.89. The van der Waals surface area contributed by atoms with Crippen LogP contribution in [0, 0.1) is 6.92 Å². The third-order valence-electron chi connectivity index (χ3n) is 3.97. The van der Waals surface area contributed by atoms with Crippen molar-refractivity contribution in [3.63, 3.8) is 0 Å². The van der Waals surface area contributed by atoms with Gasteiger partial charge in [-0.15, -0.1) is 0 Å². The number of hydrogen-bond donors (Lipinski definition) is 0. The van der Waals surface area contributed by atoms with Crippen LogP contribution in [0.5, 0.6) is 5.75 Å². The quantitative estimate of drug-likeness (QED) is 0.607. The van der Waals surface area contributed by atoms with Gasteiger partial charge in [0.1, 0.15) is 10.8 Å². The van der Waals surface area contributed by atoms with Gasteiger partial charge < -0.3 is 4.74 Å². The Balaban J connectivity index is 1.76. The summed E-state index contributed by atoms with van der Waals surface area (Å²) in [5, 5.41) is 5.03. The zero-order chi connectivity index (χ0) is 18.5. The van der Waals surface area contributed by atoms with Crippen LogP contribution in [0.4, 0.5) is 0 Å². The first-order chi connectivity index (χ1) is 12.6. The molecule has 2 aromatic heterocycles. The molecule has 2 heterocycles. The highest BCUT2D eigenvalue weighted by molar-refractivity contribution is 7.16. The van der Waals surface area contributed by atoms with Crippen LogP contribution < -0.4 is 10.3 Å². The average molecular weight is 372 g/mol. The summed E-state index contributed by atoms with van der Waals surface area (Å²) >= 11 is 1.44. The SMILES string of the molecule is CCCN(Cc1ccc(OCC)cc1)Cc1cc(=O)n2nc(C)sc2n1. The minimum absolute atomic E-state index is 0.119. The van der Waals surface area contributed by atoms with Gasteiger partial charge in [0.05, 0.1) is 12.3 Å². The first-order valence-corrected chi connectivity index (χ1v) is 9.71. The molecule has 6 nitrogen and oxygen atoms in total. The maximum absolute atomic E-state index is 12.2. The Morgan fingerprint density at radius 3 is 2.65 bits per heavy atom. The van der Waals surface area contributed by atoms with E-state index in [-0.39, 0.29) is 5.56 Å². The Bertz CT molecular complexity index is 917. The molecule has 1 aromatic carbocycles. The molecule has 0 N–H and O–H groups in total. The number of nitrogens with zero attached hydrogens (tertiary/aromatic N) is 4. The lowest BCUT2D eigenvalue weighted by Gasteiger charge is -2.21. The fourth-order valence-electron chi connectivity index (χ4n) is 2.91. The first-order valence-electron chi connectivity index (χ1n) is 8.89. The number of fused-ring (bicyclic) bond motifs is 1. The van der Waals surface area contributed by atoms with E-state index in [1.54, 1.807) is 6.07 Å². The van der Waals surface area contributed by atoms with Gasteiger partial charge in [-0.1, -0.05) is 30.4 Å². The number of ether oxygens (including phenoxy) is 1. The molecule has 0 spiro atoms. The van der Waals surface area contributed by atoms with E-state index in [2.05, 4.69) is 34.0 Å². The van der Waals surface area contributed by atoms with E-state index in [0.29, 0.717) is 18.1 Å². The second kappa shape index (κ2) is 8.42. The number of hydrogen-bond acceptors (Lipinski definition) is 6. The van der Waals surface area contributed by atoms with Crippen LogP contribution in [0.2, 0.25) is 0 Å². The number of aromatic nitrogens is 3. The summed E-state index contributed by atoms with van der Waals surface area (Å²) < 4.78 is 6.87. The highest BCUT2D eigenvalue weighted by Crippen LogP contribution is 2.16. The third-order valence-corrected chi connectivity index (χ3v) is 4.79. The third kappa shape index (κ3) is 4.47. The lowest BCUT2D eigenvalue weighted by molar-refractivity contribution is 0.254. The van der Waals surface area contributed by atoms with Gasteiger partial charge in [0.2, 0.25) is 4.96 Å². The summed E-state index contributed by atoms with van der Waals surface area (Å²) in [6.07, 6.45) is 1.04. The molecular formula is C19H24N4O2S. The van der Waals surface area contributed by atoms with Crippen LogP contribution in [0.15, 0.2) is 35.1 Å². The van der Waals surface area contributed by atoms with Crippen molar-refractivity contribution in [2.75, 3.05) is 13.2 Å². The molecule has 0 amide bonds. The Kier molecular flexibility index (Phi) is 6.00. The zero-order valence-electron chi connectivity index (χ0n) is 15.4. The van der Waals surface area contributed by atoms with E-state index in [1.807, 2.05) is 26.0 Å². The smallest absolute Gasteiger partial charge is 0.275 e. The fraction of sp³-hybridized carbons (Fsp3) is 0.421. The summed E-state index contributed by atoms with van der Waals surface area (Å²) in [5.74, 6) is 0.888. The molecule has 0 radical (unpaired) electrons. The monoisotopic (exact) mass is 372 g/mol. The van der Waals surface area contributed by atoms with Crippen molar-refractivity contribution in [2.45, 2.75) is 40.3 Å². The molecule has 26 heavy (non-hydrogen) atoms. The molecule has 0 aliphatic rings. The predicted octanol–water partition coefficient (Wildman–Crippen LogP) is 3.27. The fourth-order valence-corrected chi connectivity index (χ4v) is 3.68. The molecule has 3 rings (SSSR count). The van der Waals surface area contributed by atoms with Crippen molar-refractivity contribution < 1.29 is 4.74 Å². The number of rotatable bonds is 8. The van der Waals surface area contributed by atoms with Crippen LogP contribution in [0.1, 0.15) is 36.5 Å². The van der Waals surface area contributed by atoms with E-state index < -0.39 is 0 Å². The second-order valence-corrected chi connectivity index (χ2v) is 7.35. The molecular weight excluding hydrogens is 348 g/mol.